The van der Waals surface area contributed by atoms with Crippen LogP contribution in [0, 0.1) is 6.92 Å². The molecule has 1 fully saturated rings. The molecule has 3 rings (SSSR count). The number of sulfonamides is 1. The van der Waals surface area contributed by atoms with Gasteiger partial charge in [0.05, 0.1) is 4.90 Å². The third-order valence-electron chi connectivity index (χ3n) is 4.59. The molecule has 0 radical (unpaired) electrons. The molecule has 1 aliphatic rings. The smallest absolute Gasteiger partial charge is 0.313 e. The lowest BCUT2D eigenvalue weighted by Gasteiger charge is -2.15. The van der Waals surface area contributed by atoms with E-state index in [0.717, 1.165) is 18.4 Å². The van der Waals surface area contributed by atoms with Crippen molar-refractivity contribution in [1.29, 1.82) is 0 Å². The van der Waals surface area contributed by atoms with E-state index < -0.39 is 21.8 Å². The first kappa shape index (κ1) is 20.0. The van der Waals surface area contributed by atoms with Crippen LogP contribution in [0.4, 0.5) is 5.69 Å². The van der Waals surface area contributed by atoms with Gasteiger partial charge in [0, 0.05) is 25.3 Å². The molecule has 2 N–H and O–H groups in total. The van der Waals surface area contributed by atoms with E-state index in [2.05, 4.69) is 10.6 Å². The van der Waals surface area contributed by atoms with Crippen molar-refractivity contribution in [2.75, 3.05) is 18.4 Å². The van der Waals surface area contributed by atoms with Crippen molar-refractivity contribution in [2.45, 2.75) is 31.2 Å². The number of carbonyl (C=O) groups excluding carboxylic acids is 2. The zero-order valence-electron chi connectivity index (χ0n) is 15.6. The van der Waals surface area contributed by atoms with Gasteiger partial charge in [-0.2, -0.15) is 4.31 Å². The molecule has 0 bridgehead atoms. The number of nitrogens with zero attached hydrogens (tertiary/aromatic N) is 1. The predicted molar refractivity (Wildman–Crippen MR) is 106 cm³/mol. The molecule has 0 aromatic heterocycles. The second kappa shape index (κ2) is 8.53. The van der Waals surface area contributed by atoms with E-state index in [1.54, 1.807) is 24.3 Å². The minimum atomic E-state index is -3.46. The molecule has 28 heavy (non-hydrogen) atoms. The highest BCUT2D eigenvalue weighted by atomic mass is 32.2. The molecule has 1 saturated heterocycles. The standard InChI is InChI=1S/C20H23N3O4S/c1-15-4-8-17(9-5-15)22-20(25)19(24)21-14-16-6-10-18(11-7-16)28(26,27)23-12-2-3-13-23/h4-11H,2-3,12-14H2,1H3,(H,21,24)(H,22,25). The minimum Gasteiger partial charge on any atom is -0.344 e. The van der Waals surface area contributed by atoms with Crippen LogP contribution in [0.15, 0.2) is 53.4 Å². The summed E-state index contributed by atoms with van der Waals surface area (Å²) in [6, 6.07) is 13.5. The maximum Gasteiger partial charge on any atom is 0.313 e. The Hall–Kier alpha value is -2.71. The maximum atomic E-state index is 12.5. The number of rotatable bonds is 5. The molecule has 0 spiro atoms. The fourth-order valence-corrected chi connectivity index (χ4v) is 4.46. The van der Waals surface area contributed by atoms with E-state index in [9.17, 15) is 18.0 Å². The summed E-state index contributed by atoms with van der Waals surface area (Å²) in [5, 5.41) is 5.06. The average Bonchev–Trinajstić information content (AvgIpc) is 3.24. The molecule has 2 amide bonds. The first-order valence-corrected chi connectivity index (χ1v) is 10.6. The Balaban J connectivity index is 1.54. The maximum absolute atomic E-state index is 12.5. The topological polar surface area (TPSA) is 95.6 Å². The fraction of sp³-hybridized carbons (Fsp3) is 0.300. The highest BCUT2D eigenvalue weighted by molar-refractivity contribution is 7.89. The summed E-state index contributed by atoms with van der Waals surface area (Å²) in [6.45, 7) is 3.16. The molecule has 2 aromatic rings. The van der Waals surface area contributed by atoms with Gasteiger partial charge in [-0.05, 0) is 49.6 Å². The zero-order chi connectivity index (χ0) is 20.1. The van der Waals surface area contributed by atoms with E-state index in [4.69, 9.17) is 0 Å². The fourth-order valence-electron chi connectivity index (χ4n) is 2.94. The van der Waals surface area contributed by atoms with Gasteiger partial charge in [-0.1, -0.05) is 29.8 Å². The van der Waals surface area contributed by atoms with Crippen molar-refractivity contribution in [2.24, 2.45) is 0 Å². The Bertz CT molecular complexity index is 948. The molecule has 2 aromatic carbocycles. The third kappa shape index (κ3) is 4.76. The van der Waals surface area contributed by atoms with Crippen LogP contribution < -0.4 is 10.6 Å². The number of carbonyl (C=O) groups is 2. The second-order valence-corrected chi connectivity index (χ2v) is 8.70. The highest BCUT2D eigenvalue weighted by Crippen LogP contribution is 2.21. The van der Waals surface area contributed by atoms with Crippen LogP contribution in [-0.2, 0) is 26.2 Å². The summed E-state index contributed by atoms with van der Waals surface area (Å²) in [5.41, 5.74) is 2.30. The van der Waals surface area contributed by atoms with Crippen LogP contribution in [0.3, 0.4) is 0 Å². The summed E-state index contributed by atoms with van der Waals surface area (Å²) in [4.78, 5) is 24.1. The lowest BCUT2D eigenvalue weighted by Crippen LogP contribution is -2.35. The van der Waals surface area contributed by atoms with Crippen molar-refractivity contribution in [3.63, 3.8) is 0 Å². The van der Waals surface area contributed by atoms with Crippen LogP contribution in [-0.4, -0.2) is 37.6 Å². The molecule has 0 unspecified atom stereocenters. The molecule has 0 saturated carbocycles. The summed E-state index contributed by atoms with van der Waals surface area (Å²) in [5.74, 6) is -1.51. The zero-order valence-corrected chi connectivity index (χ0v) is 16.5. The highest BCUT2D eigenvalue weighted by Gasteiger charge is 2.26. The summed E-state index contributed by atoms with van der Waals surface area (Å²) in [6.07, 6.45) is 1.77. The van der Waals surface area contributed by atoms with Crippen LogP contribution in [0.1, 0.15) is 24.0 Å². The number of nitrogens with one attached hydrogen (secondary N) is 2. The third-order valence-corrected chi connectivity index (χ3v) is 6.51. The lowest BCUT2D eigenvalue weighted by atomic mass is 10.2. The van der Waals surface area contributed by atoms with E-state index >= 15 is 0 Å². The molecule has 0 atom stereocenters. The van der Waals surface area contributed by atoms with Crippen molar-refractivity contribution in [3.05, 3.63) is 59.7 Å². The average molecular weight is 401 g/mol. The van der Waals surface area contributed by atoms with Gasteiger partial charge in [-0.3, -0.25) is 9.59 Å². The van der Waals surface area contributed by atoms with Gasteiger partial charge in [-0.15, -0.1) is 0 Å². The molecule has 1 heterocycles. The van der Waals surface area contributed by atoms with E-state index in [-0.39, 0.29) is 11.4 Å². The quantitative estimate of drug-likeness (QED) is 0.750. The van der Waals surface area contributed by atoms with Gasteiger partial charge in [-0.25, -0.2) is 8.42 Å². The molecule has 148 valence electrons. The van der Waals surface area contributed by atoms with E-state index in [0.29, 0.717) is 24.3 Å². The van der Waals surface area contributed by atoms with Gasteiger partial charge in [0.15, 0.2) is 0 Å². The number of hydrogen-bond acceptors (Lipinski definition) is 4. The molecule has 0 aliphatic carbocycles. The van der Waals surface area contributed by atoms with Gasteiger partial charge in [0.1, 0.15) is 0 Å². The first-order chi connectivity index (χ1) is 13.4. The SMILES string of the molecule is Cc1ccc(NC(=O)C(=O)NCc2ccc(S(=O)(=O)N3CCCC3)cc2)cc1. The summed E-state index contributed by atoms with van der Waals surface area (Å²) in [7, 11) is -3.46. The van der Waals surface area contributed by atoms with Crippen LogP contribution >= 0.6 is 0 Å². The first-order valence-electron chi connectivity index (χ1n) is 9.11. The van der Waals surface area contributed by atoms with Gasteiger partial charge in [0.2, 0.25) is 10.0 Å². The Labute approximate surface area is 164 Å². The lowest BCUT2D eigenvalue weighted by molar-refractivity contribution is -0.136. The Kier molecular flexibility index (Phi) is 6.11. The second-order valence-electron chi connectivity index (χ2n) is 6.76. The van der Waals surface area contributed by atoms with Crippen molar-refractivity contribution in [3.8, 4) is 0 Å². The van der Waals surface area contributed by atoms with Gasteiger partial charge < -0.3 is 10.6 Å². The monoisotopic (exact) mass is 401 g/mol. The van der Waals surface area contributed by atoms with E-state index in [1.807, 2.05) is 19.1 Å². The predicted octanol–water partition coefficient (Wildman–Crippen LogP) is 2.03. The minimum absolute atomic E-state index is 0.129. The van der Waals surface area contributed by atoms with Crippen molar-refractivity contribution >= 4 is 27.5 Å². The van der Waals surface area contributed by atoms with Crippen LogP contribution in [0.5, 0.6) is 0 Å². The number of anilines is 1. The van der Waals surface area contributed by atoms with Crippen molar-refractivity contribution < 1.29 is 18.0 Å². The molecule has 1 aliphatic heterocycles. The molecular weight excluding hydrogens is 378 g/mol. The summed E-state index contributed by atoms with van der Waals surface area (Å²) < 4.78 is 26.5. The Morgan fingerprint density at radius 2 is 1.54 bits per heavy atom. The Morgan fingerprint density at radius 3 is 2.14 bits per heavy atom. The normalized spacial score (nSPS) is 14.6. The molecule has 7 nitrogen and oxygen atoms in total. The Morgan fingerprint density at radius 1 is 0.929 bits per heavy atom. The van der Waals surface area contributed by atoms with Crippen LogP contribution in [0.25, 0.3) is 0 Å². The summed E-state index contributed by atoms with van der Waals surface area (Å²) >= 11 is 0. The van der Waals surface area contributed by atoms with Gasteiger partial charge >= 0.3 is 11.8 Å². The molecule has 8 heteroatoms. The number of amides is 2. The van der Waals surface area contributed by atoms with E-state index in [1.165, 1.54) is 16.4 Å². The largest absolute Gasteiger partial charge is 0.344 e. The van der Waals surface area contributed by atoms with Gasteiger partial charge in [0.25, 0.3) is 0 Å². The number of hydrogen-bond donors (Lipinski definition) is 2. The van der Waals surface area contributed by atoms with Crippen molar-refractivity contribution in [1.82, 2.24) is 9.62 Å². The number of benzene rings is 2. The molecular formula is C20H23N3O4S. The number of aryl methyl sites for hydroxylation is 1. The van der Waals surface area contributed by atoms with Crippen LogP contribution in [0.2, 0.25) is 0 Å².